The highest BCUT2D eigenvalue weighted by molar-refractivity contribution is 6.16. The SMILES string of the molecule is Cc1c2ccnc(CCO)c2c(C)c2c1[nH]c1ccccc12. The Balaban J connectivity index is 2.28. The standard InChI is InChI=1S/C19H18N2O/c1-11-13-7-9-20-16(8-10-22)17(13)12(2)18-14-5-3-4-6-15(14)21-19(11)18/h3-7,9,21-22H,8,10H2,1-2H3. The van der Waals surface area contributed by atoms with Crippen molar-refractivity contribution in [2.24, 2.45) is 0 Å². The van der Waals surface area contributed by atoms with Crippen molar-refractivity contribution in [3.63, 3.8) is 0 Å². The van der Waals surface area contributed by atoms with Crippen LogP contribution in [0.2, 0.25) is 0 Å². The molecule has 22 heavy (non-hydrogen) atoms. The van der Waals surface area contributed by atoms with Crippen molar-refractivity contribution in [3.8, 4) is 0 Å². The van der Waals surface area contributed by atoms with Crippen LogP contribution in [-0.4, -0.2) is 21.7 Å². The summed E-state index contributed by atoms with van der Waals surface area (Å²) in [5.41, 5.74) is 5.83. The third-order valence-corrected chi connectivity index (χ3v) is 4.61. The van der Waals surface area contributed by atoms with Gasteiger partial charge >= 0.3 is 0 Å². The average Bonchev–Trinajstić information content (AvgIpc) is 2.93. The van der Waals surface area contributed by atoms with Gasteiger partial charge in [-0.05, 0) is 42.5 Å². The predicted octanol–water partition coefficient (Wildman–Crippen LogP) is 4.02. The second-order valence-electron chi connectivity index (χ2n) is 5.82. The maximum absolute atomic E-state index is 9.34. The maximum Gasteiger partial charge on any atom is 0.0507 e. The number of benzene rings is 2. The fourth-order valence-electron chi connectivity index (χ4n) is 3.60. The van der Waals surface area contributed by atoms with Crippen LogP contribution in [-0.2, 0) is 6.42 Å². The van der Waals surface area contributed by atoms with E-state index < -0.39 is 0 Å². The van der Waals surface area contributed by atoms with E-state index in [9.17, 15) is 5.11 Å². The molecule has 0 aliphatic rings. The minimum Gasteiger partial charge on any atom is -0.396 e. The Bertz CT molecular complexity index is 1010. The van der Waals surface area contributed by atoms with E-state index in [0.29, 0.717) is 6.42 Å². The first kappa shape index (κ1) is 13.3. The topological polar surface area (TPSA) is 48.9 Å². The Labute approximate surface area is 128 Å². The summed E-state index contributed by atoms with van der Waals surface area (Å²) >= 11 is 0. The molecule has 2 heterocycles. The average molecular weight is 290 g/mol. The van der Waals surface area contributed by atoms with Gasteiger partial charge in [-0.25, -0.2) is 0 Å². The molecule has 0 fully saturated rings. The van der Waals surface area contributed by atoms with Crippen molar-refractivity contribution in [1.29, 1.82) is 0 Å². The van der Waals surface area contributed by atoms with Gasteiger partial charge in [0, 0.05) is 40.9 Å². The molecular formula is C19H18N2O. The third kappa shape index (κ3) is 1.69. The van der Waals surface area contributed by atoms with Crippen molar-refractivity contribution in [3.05, 3.63) is 53.3 Å². The number of H-pyrrole nitrogens is 1. The number of para-hydroxylation sites is 1. The van der Waals surface area contributed by atoms with Gasteiger partial charge in [0.15, 0.2) is 0 Å². The Morgan fingerprint density at radius 1 is 1.00 bits per heavy atom. The zero-order valence-corrected chi connectivity index (χ0v) is 12.8. The largest absolute Gasteiger partial charge is 0.396 e. The number of fused-ring (bicyclic) bond motifs is 4. The lowest BCUT2D eigenvalue weighted by molar-refractivity contribution is 0.298. The smallest absolute Gasteiger partial charge is 0.0507 e. The van der Waals surface area contributed by atoms with E-state index in [2.05, 4.69) is 54.1 Å². The van der Waals surface area contributed by atoms with Gasteiger partial charge in [0.05, 0.1) is 11.2 Å². The van der Waals surface area contributed by atoms with Gasteiger partial charge in [-0.2, -0.15) is 0 Å². The fourth-order valence-corrected chi connectivity index (χ4v) is 3.60. The third-order valence-electron chi connectivity index (χ3n) is 4.61. The summed E-state index contributed by atoms with van der Waals surface area (Å²) in [4.78, 5) is 8.06. The second-order valence-corrected chi connectivity index (χ2v) is 5.82. The zero-order chi connectivity index (χ0) is 15.3. The first-order valence-electron chi connectivity index (χ1n) is 7.60. The number of aryl methyl sites for hydroxylation is 2. The van der Waals surface area contributed by atoms with E-state index in [4.69, 9.17) is 0 Å². The first-order chi connectivity index (χ1) is 10.7. The second kappa shape index (κ2) is 4.82. The monoisotopic (exact) mass is 290 g/mol. The summed E-state index contributed by atoms with van der Waals surface area (Å²) in [5, 5.41) is 14.3. The summed E-state index contributed by atoms with van der Waals surface area (Å²) in [7, 11) is 0. The van der Waals surface area contributed by atoms with Crippen LogP contribution in [0.3, 0.4) is 0 Å². The summed E-state index contributed by atoms with van der Waals surface area (Å²) in [6.07, 6.45) is 2.43. The Hall–Kier alpha value is -2.39. The maximum atomic E-state index is 9.34. The molecule has 0 spiro atoms. The van der Waals surface area contributed by atoms with E-state index in [1.165, 1.54) is 38.2 Å². The number of rotatable bonds is 2. The number of hydrogen-bond donors (Lipinski definition) is 2. The lowest BCUT2D eigenvalue weighted by Gasteiger charge is -2.12. The van der Waals surface area contributed by atoms with Crippen molar-refractivity contribution >= 4 is 32.6 Å². The van der Waals surface area contributed by atoms with Crippen molar-refractivity contribution < 1.29 is 5.11 Å². The molecule has 2 N–H and O–H groups in total. The van der Waals surface area contributed by atoms with E-state index in [1.807, 2.05) is 6.20 Å². The summed E-state index contributed by atoms with van der Waals surface area (Å²) in [6.45, 7) is 4.44. The van der Waals surface area contributed by atoms with Crippen LogP contribution in [0.5, 0.6) is 0 Å². The molecule has 0 aliphatic heterocycles. The quantitative estimate of drug-likeness (QED) is 0.586. The Kier molecular flexibility index (Phi) is 2.91. The van der Waals surface area contributed by atoms with Gasteiger partial charge < -0.3 is 10.1 Å². The molecule has 0 radical (unpaired) electrons. The van der Waals surface area contributed by atoms with Gasteiger partial charge in [-0.3, -0.25) is 4.98 Å². The molecule has 110 valence electrons. The van der Waals surface area contributed by atoms with Gasteiger partial charge in [0.25, 0.3) is 0 Å². The van der Waals surface area contributed by atoms with Crippen molar-refractivity contribution in [2.45, 2.75) is 20.3 Å². The highest BCUT2D eigenvalue weighted by Crippen LogP contribution is 2.37. The number of nitrogens with one attached hydrogen (secondary N) is 1. The molecule has 0 atom stereocenters. The number of aliphatic hydroxyl groups excluding tert-OH is 1. The Morgan fingerprint density at radius 3 is 2.64 bits per heavy atom. The number of nitrogens with zero attached hydrogens (tertiary/aromatic N) is 1. The number of aromatic amines is 1. The number of pyridine rings is 1. The number of hydrogen-bond acceptors (Lipinski definition) is 2. The molecule has 0 aliphatic carbocycles. The van der Waals surface area contributed by atoms with E-state index in [0.717, 1.165) is 11.2 Å². The van der Waals surface area contributed by atoms with Crippen LogP contribution in [0.15, 0.2) is 36.5 Å². The van der Waals surface area contributed by atoms with Gasteiger partial charge in [0.2, 0.25) is 0 Å². The van der Waals surface area contributed by atoms with E-state index >= 15 is 0 Å². The molecule has 0 amide bonds. The van der Waals surface area contributed by atoms with Crippen LogP contribution >= 0.6 is 0 Å². The molecule has 0 unspecified atom stereocenters. The van der Waals surface area contributed by atoms with Crippen LogP contribution in [0.4, 0.5) is 0 Å². The van der Waals surface area contributed by atoms with Crippen LogP contribution in [0.1, 0.15) is 16.8 Å². The van der Waals surface area contributed by atoms with Crippen molar-refractivity contribution in [2.75, 3.05) is 6.61 Å². The minimum atomic E-state index is 0.122. The molecule has 2 aromatic heterocycles. The van der Waals surface area contributed by atoms with E-state index in [-0.39, 0.29) is 6.61 Å². The van der Waals surface area contributed by atoms with Crippen LogP contribution < -0.4 is 0 Å². The Morgan fingerprint density at radius 2 is 1.82 bits per heavy atom. The lowest BCUT2D eigenvalue weighted by Crippen LogP contribution is -1.98. The minimum absolute atomic E-state index is 0.122. The van der Waals surface area contributed by atoms with Crippen LogP contribution in [0.25, 0.3) is 32.6 Å². The van der Waals surface area contributed by atoms with Crippen LogP contribution in [0, 0.1) is 13.8 Å². The van der Waals surface area contributed by atoms with Gasteiger partial charge in [-0.15, -0.1) is 0 Å². The zero-order valence-electron chi connectivity index (χ0n) is 12.8. The first-order valence-corrected chi connectivity index (χ1v) is 7.60. The molecule has 2 aromatic carbocycles. The molecule has 3 heteroatoms. The molecule has 4 aromatic rings. The molecule has 3 nitrogen and oxygen atoms in total. The highest BCUT2D eigenvalue weighted by atomic mass is 16.3. The number of aromatic nitrogens is 2. The van der Waals surface area contributed by atoms with E-state index in [1.54, 1.807) is 0 Å². The molecular weight excluding hydrogens is 272 g/mol. The summed E-state index contributed by atoms with van der Waals surface area (Å²) < 4.78 is 0. The summed E-state index contributed by atoms with van der Waals surface area (Å²) in [6, 6.07) is 10.5. The number of aliphatic hydroxyl groups is 1. The van der Waals surface area contributed by atoms with Gasteiger partial charge in [-0.1, -0.05) is 18.2 Å². The molecule has 0 saturated carbocycles. The van der Waals surface area contributed by atoms with Crippen molar-refractivity contribution in [1.82, 2.24) is 9.97 Å². The predicted molar refractivity (Wildman–Crippen MR) is 91.4 cm³/mol. The highest BCUT2D eigenvalue weighted by Gasteiger charge is 2.16. The summed E-state index contributed by atoms with van der Waals surface area (Å²) in [5.74, 6) is 0. The molecule has 4 rings (SSSR count). The molecule has 0 saturated heterocycles. The van der Waals surface area contributed by atoms with Gasteiger partial charge in [0.1, 0.15) is 0 Å². The normalized spacial score (nSPS) is 11.8. The lowest BCUT2D eigenvalue weighted by atomic mass is 9.94. The fraction of sp³-hybridized carbons (Fsp3) is 0.211. The molecule has 0 bridgehead atoms.